The minimum absolute atomic E-state index is 0.0638. The molecule has 5 heteroatoms. The Labute approximate surface area is 308 Å². The first-order valence-corrected chi connectivity index (χ1v) is 17.9. The van der Waals surface area contributed by atoms with Gasteiger partial charge in [0.25, 0.3) is 0 Å². The second-order valence-electron chi connectivity index (χ2n) is 13.4. The Balaban J connectivity index is 1.01. The van der Waals surface area contributed by atoms with E-state index >= 15 is 0 Å². The molecular formula is C48H33N5. The molecule has 6 aromatic carbocycles. The van der Waals surface area contributed by atoms with Gasteiger partial charge in [-0.1, -0.05) is 152 Å². The van der Waals surface area contributed by atoms with Gasteiger partial charge in [-0.05, 0) is 52.6 Å². The van der Waals surface area contributed by atoms with Crippen molar-refractivity contribution in [2.45, 2.75) is 6.17 Å². The highest BCUT2D eigenvalue weighted by Gasteiger charge is 2.32. The van der Waals surface area contributed by atoms with E-state index in [1.54, 1.807) is 0 Å². The first-order chi connectivity index (χ1) is 26.2. The van der Waals surface area contributed by atoms with Gasteiger partial charge in [0, 0.05) is 33.8 Å². The van der Waals surface area contributed by atoms with Crippen LogP contribution in [0.5, 0.6) is 0 Å². The molecule has 2 aliphatic rings. The molecule has 0 radical (unpaired) electrons. The topological polar surface area (TPSA) is 53.9 Å². The van der Waals surface area contributed by atoms with Gasteiger partial charge in [-0.15, -0.1) is 0 Å². The molecule has 1 atom stereocenters. The van der Waals surface area contributed by atoms with E-state index in [0.717, 1.165) is 72.7 Å². The van der Waals surface area contributed by atoms with Gasteiger partial charge in [-0.3, -0.25) is 0 Å². The van der Waals surface area contributed by atoms with Crippen LogP contribution in [0.3, 0.4) is 0 Å². The van der Waals surface area contributed by atoms with Crippen molar-refractivity contribution in [2.75, 3.05) is 10.2 Å². The normalized spacial score (nSPS) is 14.2. The van der Waals surface area contributed by atoms with E-state index in [9.17, 15) is 0 Å². The standard InChI is InChI=1S/C48H33N5/c1-3-12-32(13-4-1)33-21-25-36(26-22-33)43-31-42(35-14-5-2-6-15-35)50-48(51-43)37-27-23-34(24-28-37)38-16-11-17-39(30-38)45-47-46(40-18-7-8-19-41(40)49-45)52-44-20-9-10-29-53(44)47/h1-31,44,52H. The summed E-state index contributed by atoms with van der Waals surface area (Å²) >= 11 is 0. The number of anilines is 2. The van der Waals surface area contributed by atoms with Gasteiger partial charge in [0.15, 0.2) is 5.82 Å². The Kier molecular flexibility index (Phi) is 7.47. The summed E-state index contributed by atoms with van der Waals surface area (Å²) < 4.78 is 0. The van der Waals surface area contributed by atoms with Crippen molar-refractivity contribution in [3.05, 3.63) is 188 Å². The Morgan fingerprint density at radius 3 is 1.77 bits per heavy atom. The average molecular weight is 680 g/mol. The minimum Gasteiger partial charge on any atom is -0.359 e. The lowest BCUT2D eigenvalue weighted by molar-refractivity contribution is 0.907. The van der Waals surface area contributed by atoms with Gasteiger partial charge >= 0.3 is 0 Å². The van der Waals surface area contributed by atoms with E-state index in [2.05, 4.69) is 174 Å². The Bertz CT molecular complexity index is 2680. The van der Waals surface area contributed by atoms with Crippen molar-refractivity contribution in [2.24, 2.45) is 0 Å². The van der Waals surface area contributed by atoms with E-state index < -0.39 is 0 Å². The molecule has 0 fully saturated rings. The number of aromatic nitrogens is 3. The van der Waals surface area contributed by atoms with Crippen LogP contribution >= 0.6 is 0 Å². The average Bonchev–Trinajstić information content (AvgIpc) is 3.64. The van der Waals surface area contributed by atoms with Crippen LogP contribution < -0.4 is 10.2 Å². The van der Waals surface area contributed by atoms with E-state index in [-0.39, 0.29) is 6.17 Å². The number of fused-ring (bicyclic) bond motifs is 5. The molecule has 2 aliphatic heterocycles. The smallest absolute Gasteiger partial charge is 0.160 e. The maximum atomic E-state index is 5.23. The molecule has 5 nitrogen and oxygen atoms in total. The molecule has 250 valence electrons. The molecular weight excluding hydrogens is 647 g/mol. The van der Waals surface area contributed by atoms with Crippen LogP contribution in [-0.2, 0) is 0 Å². The maximum Gasteiger partial charge on any atom is 0.160 e. The van der Waals surface area contributed by atoms with Gasteiger partial charge in [0.1, 0.15) is 6.17 Å². The number of nitrogens with zero attached hydrogens (tertiary/aromatic N) is 4. The largest absolute Gasteiger partial charge is 0.359 e. The SMILES string of the molecule is C1=CC2Nc3c(c(-c4cccc(-c5ccc(-c6nc(-c7ccccc7)cc(-c7ccc(-c8ccccc8)cc7)n6)cc5)c4)nc4ccccc34)N2C=C1. The highest BCUT2D eigenvalue weighted by atomic mass is 15.3. The molecule has 8 aromatic rings. The number of para-hydroxylation sites is 1. The van der Waals surface area contributed by atoms with Crippen LogP contribution in [-0.4, -0.2) is 21.1 Å². The van der Waals surface area contributed by atoms with Crippen molar-refractivity contribution in [1.82, 2.24) is 15.0 Å². The molecule has 0 amide bonds. The van der Waals surface area contributed by atoms with Crippen LogP contribution in [0.4, 0.5) is 11.4 Å². The zero-order chi connectivity index (χ0) is 35.1. The summed E-state index contributed by atoms with van der Waals surface area (Å²) in [6.45, 7) is 0. The number of hydrogen-bond donors (Lipinski definition) is 1. The number of nitrogens with one attached hydrogen (secondary N) is 1. The third-order valence-corrected chi connectivity index (χ3v) is 10.1. The fourth-order valence-corrected chi connectivity index (χ4v) is 7.38. The first-order valence-electron chi connectivity index (χ1n) is 17.9. The fraction of sp³-hybridized carbons (Fsp3) is 0.0208. The highest BCUT2D eigenvalue weighted by Crippen LogP contribution is 2.47. The van der Waals surface area contributed by atoms with Crippen molar-refractivity contribution in [3.63, 3.8) is 0 Å². The van der Waals surface area contributed by atoms with Gasteiger partial charge < -0.3 is 10.2 Å². The molecule has 0 aliphatic carbocycles. The Morgan fingerprint density at radius 1 is 0.453 bits per heavy atom. The molecule has 53 heavy (non-hydrogen) atoms. The second kappa shape index (κ2) is 12.9. The van der Waals surface area contributed by atoms with E-state index in [4.69, 9.17) is 15.0 Å². The molecule has 0 saturated carbocycles. The predicted octanol–water partition coefficient (Wildman–Crippen LogP) is 11.7. The lowest BCUT2D eigenvalue weighted by atomic mass is 9.98. The first kappa shape index (κ1) is 30.7. The van der Waals surface area contributed by atoms with Crippen molar-refractivity contribution < 1.29 is 0 Å². The number of hydrogen-bond acceptors (Lipinski definition) is 5. The van der Waals surface area contributed by atoms with Gasteiger partial charge in [-0.25, -0.2) is 15.0 Å². The van der Waals surface area contributed by atoms with Crippen molar-refractivity contribution in [3.8, 4) is 67.4 Å². The molecule has 0 bridgehead atoms. The maximum absolute atomic E-state index is 5.23. The summed E-state index contributed by atoms with van der Waals surface area (Å²) in [5, 5.41) is 4.86. The van der Waals surface area contributed by atoms with Crippen molar-refractivity contribution in [1.29, 1.82) is 0 Å². The van der Waals surface area contributed by atoms with E-state index in [0.29, 0.717) is 5.82 Å². The number of allylic oxidation sites excluding steroid dienone is 2. The third-order valence-electron chi connectivity index (χ3n) is 10.1. The third kappa shape index (κ3) is 5.65. The lowest BCUT2D eigenvalue weighted by Gasteiger charge is -2.23. The molecule has 0 spiro atoms. The Hall–Kier alpha value is -7.11. The molecule has 2 aromatic heterocycles. The van der Waals surface area contributed by atoms with Gasteiger partial charge in [0.2, 0.25) is 0 Å². The summed E-state index contributed by atoms with van der Waals surface area (Å²) in [4.78, 5) is 17.7. The number of pyridine rings is 1. The molecule has 1 N–H and O–H groups in total. The van der Waals surface area contributed by atoms with E-state index in [1.165, 1.54) is 11.1 Å². The summed E-state index contributed by atoms with van der Waals surface area (Å²) in [7, 11) is 0. The van der Waals surface area contributed by atoms with Crippen molar-refractivity contribution >= 4 is 22.3 Å². The summed E-state index contributed by atoms with van der Waals surface area (Å²) in [6, 6.07) is 57.1. The fourth-order valence-electron chi connectivity index (χ4n) is 7.38. The van der Waals surface area contributed by atoms with Gasteiger partial charge in [-0.2, -0.15) is 0 Å². The van der Waals surface area contributed by atoms with E-state index in [1.807, 2.05) is 24.3 Å². The zero-order valence-electron chi connectivity index (χ0n) is 28.8. The quantitative estimate of drug-likeness (QED) is 0.190. The summed E-state index contributed by atoms with van der Waals surface area (Å²) in [6.07, 6.45) is 8.54. The molecule has 4 heterocycles. The van der Waals surface area contributed by atoms with Gasteiger partial charge in [0.05, 0.1) is 34.0 Å². The number of benzene rings is 6. The molecule has 1 unspecified atom stereocenters. The predicted molar refractivity (Wildman–Crippen MR) is 218 cm³/mol. The monoisotopic (exact) mass is 679 g/mol. The molecule has 0 saturated heterocycles. The minimum atomic E-state index is 0.0638. The zero-order valence-corrected chi connectivity index (χ0v) is 28.8. The summed E-state index contributed by atoms with van der Waals surface area (Å²) in [5.74, 6) is 0.690. The van der Waals surface area contributed by atoms with Crippen LogP contribution in [0.2, 0.25) is 0 Å². The van der Waals surface area contributed by atoms with Crippen LogP contribution in [0.1, 0.15) is 0 Å². The van der Waals surface area contributed by atoms with Crippen LogP contribution in [0, 0.1) is 0 Å². The second-order valence-corrected chi connectivity index (χ2v) is 13.4. The highest BCUT2D eigenvalue weighted by molar-refractivity contribution is 6.06. The number of rotatable bonds is 6. The lowest BCUT2D eigenvalue weighted by Crippen LogP contribution is -2.30. The Morgan fingerprint density at radius 2 is 1.02 bits per heavy atom. The molecule has 10 rings (SSSR count). The summed E-state index contributed by atoms with van der Waals surface area (Å²) in [5.41, 5.74) is 14.7. The van der Waals surface area contributed by atoms with Crippen LogP contribution in [0.25, 0.3) is 78.3 Å². The van der Waals surface area contributed by atoms with Crippen LogP contribution in [0.15, 0.2) is 188 Å².